The van der Waals surface area contributed by atoms with Crippen LogP contribution in [0, 0.1) is 0 Å². The number of amides is 2. The van der Waals surface area contributed by atoms with E-state index in [1.54, 1.807) is 42.5 Å². The Morgan fingerprint density at radius 3 is 2.11 bits per heavy atom. The number of carbonyl (C=O) groups is 3. The molecule has 0 radical (unpaired) electrons. The Morgan fingerprint density at radius 2 is 1.47 bits per heavy atom. The second-order valence-corrected chi connectivity index (χ2v) is 9.10. The summed E-state index contributed by atoms with van der Waals surface area (Å²) in [5.41, 5.74) is 1.08. The minimum Gasteiger partial charge on any atom is -0.490 e. The van der Waals surface area contributed by atoms with Crippen LogP contribution in [0.5, 0.6) is 17.2 Å². The number of ether oxygens (including phenoxy) is 2. The van der Waals surface area contributed by atoms with Gasteiger partial charge in [0.1, 0.15) is 17.2 Å². The molecule has 0 bridgehead atoms. The average Bonchev–Trinajstić information content (AvgIpc) is 2.92. The molecule has 38 heavy (non-hydrogen) atoms. The standard InChI is InChI=1S/C30H30N2O6/c1-2-28(33)31-21-9-13-23(14-10-21)38-25-17-15-24(16-18-25)37-22-11-7-20(8-12-22)19-29(34)32-27-6-4-3-5-26(27)30(35)36/h2-8,11-12,15-18,21,23H,1,9-10,13-14,19H2,(H,31,33)(H,32,34)(H,35,36). The first-order valence-corrected chi connectivity index (χ1v) is 12.5. The summed E-state index contributed by atoms with van der Waals surface area (Å²) in [5, 5.41) is 14.9. The lowest BCUT2D eigenvalue weighted by molar-refractivity contribution is -0.117. The smallest absolute Gasteiger partial charge is 0.337 e. The van der Waals surface area contributed by atoms with Gasteiger partial charge in [0.2, 0.25) is 11.8 Å². The molecule has 1 fully saturated rings. The first-order valence-electron chi connectivity index (χ1n) is 12.5. The monoisotopic (exact) mass is 514 g/mol. The van der Waals surface area contributed by atoms with Gasteiger partial charge in [-0.15, -0.1) is 0 Å². The molecule has 2 amide bonds. The van der Waals surface area contributed by atoms with Gasteiger partial charge in [-0.3, -0.25) is 9.59 Å². The maximum Gasteiger partial charge on any atom is 0.337 e. The molecule has 1 aliphatic rings. The minimum absolute atomic E-state index is 0.0441. The molecule has 3 aromatic carbocycles. The largest absolute Gasteiger partial charge is 0.490 e. The fourth-order valence-electron chi connectivity index (χ4n) is 4.33. The summed E-state index contributed by atoms with van der Waals surface area (Å²) in [4.78, 5) is 35.2. The van der Waals surface area contributed by atoms with E-state index in [0.29, 0.717) is 11.5 Å². The number of rotatable bonds is 10. The Morgan fingerprint density at radius 1 is 0.868 bits per heavy atom. The maximum atomic E-state index is 12.4. The normalized spacial score (nSPS) is 16.6. The Labute approximate surface area is 221 Å². The van der Waals surface area contributed by atoms with Crippen LogP contribution in [0.4, 0.5) is 5.69 Å². The number of benzene rings is 3. The average molecular weight is 515 g/mol. The summed E-state index contributed by atoms with van der Waals surface area (Å²) >= 11 is 0. The number of carboxylic acids is 1. The number of carboxylic acid groups (broad SMARTS) is 1. The fraction of sp³-hybridized carbons (Fsp3) is 0.233. The predicted molar refractivity (Wildman–Crippen MR) is 144 cm³/mol. The number of anilines is 1. The van der Waals surface area contributed by atoms with Gasteiger partial charge in [-0.05, 0) is 85.9 Å². The number of hydrogen-bond donors (Lipinski definition) is 3. The highest BCUT2D eigenvalue weighted by molar-refractivity contribution is 6.01. The minimum atomic E-state index is -1.10. The fourth-order valence-corrected chi connectivity index (χ4v) is 4.33. The molecule has 4 rings (SSSR count). The van der Waals surface area contributed by atoms with E-state index in [2.05, 4.69) is 17.2 Å². The van der Waals surface area contributed by atoms with Crippen molar-refractivity contribution in [1.82, 2.24) is 5.32 Å². The van der Waals surface area contributed by atoms with E-state index in [1.165, 1.54) is 12.1 Å². The van der Waals surface area contributed by atoms with Crippen LogP contribution in [0.25, 0.3) is 0 Å². The molecule has 0 atom stereocenters. The molecule has 8 heteroatoms. The van der Waals surface area contributed by atoms with E-state index in [0.717, 1.165) is 37.0 Å². The van der Waals surface area contributed by atoms with Crippen LogP contribution < -0.4 is 20.1 Å². The Kier molecular flexibility index (Phi) is 8.77. The molecular weight excluding hydrogens is 484 g/mol. The van der Waals surface area contributed by atoms with Gasteiger partial charge < -0.3 is 25.2 Å². The van der Waals surface area contributed by atoms with Crippen LogP contribution in [0.3, 0.4) is 0 Å². The Balaban J connectivity index is 1.24. The van der Waals surface area contributed by atoms with Crippen molar-refractivity contribution in [1.29, 1.82) is 0 Å². The lowest BCUT2D eigenvalue weighted by atomic mass is 9.93. The zero-order chi connectivity index (χ0) is 26.9. The Hall–Kier alpha value is -4.59. The summed E-state index contributed by atoms with van der Waals surface area (Å²) in [6, 6.07) is 21.0. The van der Waals surface area contributed by atoms with E-state index in [9.17, 15) is 19.5 Å². The van der Waals surface area contributed by atoms with Crippen molar-refractivity contribution in [2.45, 2.75) is 44.2 Å². The van der Waals surface area contributed by atoms with Gasteiger partial charge in [0.05, 0.1) is 23.8 Å². The van der Waals surface area contributed by atoms with Crippen molar-refractivity contribution in [3.8, 4) is 17.2 Å². The third kappa shape index (κ3) is 7.46. The van der Waals surface area contributed by atoms with Gasteiger partial charge in [-0.25, -0.2) is 4.79 Å². The van der Waals surface area contributed by atoms with Gasteiger partial charge in [0, 0.05) is 6.04 Å². The van der Waals surface area contributed by atoms with Gasteiger partial charge in [0.15, 0.2) is 0 Å². The first-order chi connectivity index (χ1) is 18.4. The molecule has 0 aliphatic heterocycles. The first kappa shape index (κ1) is 26.5. The van der Waals surface area contributed by atoms with E-state index in [1.807, 2.05) is 24.3 Å². The van der Waals surface area contributed by atoms with Crippen molar-refractivity contribution in [3.63, 3.8) is 0 Å². The van der Waals surface area contributed by atoms with E-state index in [4.69, 9.17) is 9.47 Å². The molecule has 1 saturated carbocycles. The van der Waals surface area contributed by atoms with Crippen LogP contribution in [-0.4, -0.2) is 35.0 Å². The highest BCUT2D eigenvalue weighted by Gasteiger charge is 2.23. The molecule has 196 valence electrons. The molecule has 8 nitrogen and oxygen atoms in total. The van der Waals surface area contributed by atoms with Crippen molar-refractivity contribution in [2.75, 3.05) is 5.32 Å². The number of nitrogens with one attached hydrogen (secondary N) is 2. The molecule has 0 saturated heterocycles. The van der Waals surface area contributed by atoms with Crippen molar-refractivity contribution >= 4 is 23.5 Å². The van der Waals surface area contributed by atoms with Gasteiger partial charge in [0.25, 0.3) is 0 Å². The number of aromatic carboxylic acids is 1. The van der Waals surface area contributed by atoms with Crippen LogP contribution in [0.15, 0.2) is 85.5 Å². The molecule has 0 unspecified atom stereocenters. The number of hydrogen-bond acceptors (Lipinski definition) is 5. The molecular formula is C30H30N2O6. The second kappa shape index (κ2) is 12.6. The molecule has 0 heterocycles. The zero-order valence-corrected chi connectivity index (χ0v) is 20.9. The van der Waals surface area contributed by atoms with Gasteiger partial charge in [-0.1, -0.05) is 30.8 Å². The SMILES string of the molecule is C=CC(=O)NC1CCC(Oc2ccc(Oc3ccc(CC(=O)Nc4ccccc4C(=O)O)cc3)cc2)CC1. The van der Waals surface area contributed by atoms with Crippen molar-refractivity contribution in [3.05, 3.63) is 96.6 Å². The summed E-state index contributed by atoms with van der Waals surface area (Å²) in [6.45, 7) is 3.49. The molecule has 3 N–H and O–H groups in total. The van der Waals surface area contributed by atoms with E-state index in [-0.39, 0.29) is 41.6 Å². The van der Waals surface area contributed by atoms with E-state index < -0.39 is 5.97 Å². The van der Waals surface area contributed by atoms with Crippen molar-refractivity contribution < 1.29 is 29.0 Å². The topological polar surface area (TPSA) is 114 Å². The van der Waals surface area contributed by atoms with Gasteiger partial charge in [-0.2, -0.15) is 0 Å². The quantitative estimate of drug-likeness (QED) is 0.314. The predicted octanol–water partition coefficient (Wildman–Crippen LogP) is 5.35. The third-order valence-electron chi connectivity index (χ3n) is 6.29. The van der Waals surface area contributed by atoms with Crippen LogP contribution in [-0.2, 0) is 16.0 Å². The van der Waals surface area contributed by atoms with E-state index >= 15 is 0 Å². The lowest BCUT2D eigenvalue weighted by Crippen LogP contribution is -2.38. The molecule has 0 aromatic heterocycles. The third-order valence-corrected chi connectivity index (χ3v) is 6.29. The lowest BCUT2D eigenvalue weighted by Gasteiger charge is -2.29. The van der Waals surface area contributed by atoms with Crippen LogP contribution in [0.1, 0.15) is 41.6 Å². The zero-order valence-electron chi connectivity index (χ0n) is 20.9. The highest BCUT2D eigenvalue weighted by Crippen LogP contribution is 2.28. The summed E-state index contributed by atoms with van der Waals surface area (Å²) in [6.07, 6.45) is 5.00. The number of carbonyl (C=O) groups excluding carboxylic acids is 2. The highest BCUT2D eigenvalue weighted by atomic mass is 16.5. The maximum absolute atomic E-state index is 12.4. The summed E-state index contributed by atoms with van der Waals surface area (Å²) in [5.74, 6) is 0.507. The summed E-state index contributed by atoms with van der Waals surface area (Å²) < 4.78 is 12.0. The number of para-hydroxylation sites is 1. The molecule has 1 aliphatic carbocycles. The Bertz CT molecular complexity index is 1280. The second-order valence-electron chi connectivity index (χ2n) is 9.10. The van der Waals surface area contributed by atoms with Crippen LogP contribution >= 0.6 is 0 Å². The van der Waals surface area contributed by atoms with Gasteiger partial charge >= 0.3 is 5.97 Å². The molecule has 3 aromatic rings. The summed E-state index contributed by atoms with van der Waals surface area (Å²) in [7, 11) is 0. The van der Waals surface area contributed by atoms with Crippen molar-refractivity contribution in [2.24, 2.45) is 0 Å². The van der Waals surface area contributed by atoms with Crippen LogP contribution in [0.2, 0.25) is 0 Å². The molecule has 0 spiro atoms.